The molecule has 4 saturated carbocycles. The van der Waals surface area contributed by atoms with Gasteiger partial charge in [0.15, 0.2) is 6.10 Å². The molecule has 1 N–H and O–H groups in total. The molecule has 0 spiro atoms. The molecule has 10 atom stereocenters. The van der Waals surface area contributed by atoms with Crippen LogP contribution < -0.4 is 0 Å². The summed E-state index contributed by atoms with van der Waals surface area (Å²) in [5.41, 5.74) is -1.10. The van der Waals surface area contributed by atoms with Crippen LogP contribution in [0.1, 0.15) is 119 Å². The zero-order valence-electron chi connectivity index (χ0n) is 24.0. The van der Waals surface area contributed by atoms with Gasteiger partial charge < -0.3 is 14.6 Å². The normalized spacial score (nSPS) is 44.8. The van der Waals surface area contributed by atoms with E-state index in [-0.39, 0.29) is 11.4 Å². The van der Waals surface area contributed by atoms with Crippen LogP contribution in [0.4, 0.5) is 0 Å². The number of aliphatic hydroxyl groups is 1. The Morgan fingerprint density at radius 2 is 1.56 bits per heavy atom. The van der Waals surface area contributed by atoms with Crippen molar-refractivity contribution in [3.8, 4) is 0 Å². The molecule has 0 aromatic carbocycles. The van der Waals surface area contributed by atoms with E-state index in [2.05, 4.69) is 34.6 Å². The lowest BCUT2D eigenvalue weighted by atomic mass is 9.42. The third-order valence-electron chi connectivity index (χ3n) is 11.7. The first-order chi connectivity index (χ1) is 16.8. The Bertz CT molecular complexity index is 824. The predicted molar refractivity (Wildman–Crippen MR) is 141 cm³/mol. The van der Waals surface area contributed by atoms with Gasteiger partial charge in [-0.1, -0.05) is 53.9 Å². The minimum Gasteiger partial charge on any atom is -0.458 e. The summed E-state index contributed by atoms with van der Waals surface area (Å²) >= 11 is 0. The molecule has 36 heavy (non-hydrogen) atoms. The number of rotatable bonds is 7. The second kappa shape index (κ2) is 10.2. The van der Waals surface area contributed by atoms with Crippen LogP contribution >= 0.6 is 0 Å². The highest BCUT2D eigenvalue weighted by atomic mass is 16.6. The topological polar surface area (TPSA) is 72.8 Å². The van der Waals surface area contributed by atoms with E-state index in [9.17, 15) is 14.7 Å². The summed E-state index contributed by atoms with van der Waals surface area (Å²) in [5, 5.41) is 12.3. The van der Waals surface area contributed by atoms with Crippen molar-refractivity contribution in [2.75, 3.05) is 0 Å². The highest BCUT2D eigenvalue weighted by Gasteiger charge is 2.68. The van der Waals surface area contributed by atoms with Gasteiger partial charge in [0, 0.05) is 19.3 Å². The zero-order valence-corrected chi connectivity index (χ0v) is 24.0. The molecule has 0 saturated heterocycles. The Labute approximate surface area is 219 Å². The van der Waals surface area contributed by atoms with Gasteiger partial charge in [-0.25, -0.2) is 0 Å². The van der Waals surface area contributed by atoms with Gasteiger partial charge in [0.25, 0.3) is 0 Å². The van der Waals surface area contributed by atoms with Crippen LogP contribution in [0.25, 0.3) is 0 Å². The summed E-state index contributed by atoms with van der Waals surface area (Å²) in [5.74, 6) is 3.31. The lowest BCUT2D eigenvalue weighted by Gasteiger charge is -2.65. The quantitative estimate of drug-likeness (QED) is 0.391. The summed E-state index contributed by atoms with van der Waals surface area (Å²) in [4.78, 5) is 23.9. The lowest BCUT2D eigenvalue weighted by Crippen LogP contribution is -2.70. The van der Waals surface area contributed by atoms with Crippen molar-refractivity contribution in [2.45, 2.75) is 137 Å². The van der Waals surface area contributed by atoms with Crippen molar-refractivity contribution in [2.24, 2.45) is 46.3 Å². The molecule has 4 rings (SSSR count). The fourth-order valence-corrected chi connectivity index (χ4v) is 9.96. The number of ether oxygens (including phenoxy) is 2. The molecule has 0 amide bonds. The largest absolute Gasteiger partial charge is 0.458 e. The van der Waals surface area contributed by atoms with Gasteiger partial charge in [-0.05, 0) is 92.3 Å². The number of esters is 2. The van der Waals surface area contributed by atoms with E-state index < -0.39 is 23.8 Å². The van der Waals surface area contributed by atoms with Crippen molar-refractivity contribution in [3.05, 3.63) is 0 Å². The summed E-state index contributed by atoms with van der Waals surface area (Å²) in [6.07, 6.45) is 10.7. The van der Waals surface area contributed by atoms with Crippen molar-refractivity contribution < 1.29 is 24.2 Å². The molecular weight excluding hydrogens is 452 g/mol. The second-order valence-electron chi connectivity index (χ2n) is 14.0. The van der Waals surface area contributed by atoms with Crippen LogP contribution in [0, 0.1) is 46.3 Å². The number of fused-ring (bicyclic) bond motifs is 5. The van der Waals surface area contributed by atoms with E-state index in [0.717, 1.165) is 37.0 Å². The van der Waals surface area contributed by atoms with Gasteiger partial charge in [-0.3, -0.25) is 9.59 Å². The van der Waals surface area contributed by atoms with E-state index in [1.807, 2.05) is 0 Å². The maximum absolute atomic E-state index is 12.3. The van der Waals surface area contributed by atoms with Gasteiger partial charge >= 0.3 is 11.9 Å². The first-order valence-corrected chi connectivity index (χ1v) is 14.9. The molecule has 4 aliphatic carbocycles. The molecule has 5 heteroatoms. The van der Waals surface area contributed by atoms with E-state index in [1.165, 1.54) is 52.4 Å². The minimum atomic E-state index is -1.16. The van der Waals surface area contributed by atoms with Crippen LogP contribution in [0.15, 0.2) is 0 Å². The first kappa shape index (κ1) is 27.9. The van der Waals surface area contributed by atoms with Gasteiger partial charge in [0.05, 0.1) is 0 Å². The van der Waals surface area contributed by atoms with Crippen molar-refractivity contribution in [1.82, 2.24) is 0 Å². The van der Waals surface area contributed by atoms with Gasteiger partial charge in [-0.15, -0.1) is 0 Å². The summed E-state index contributed by atoms with van der Waals surface area (Å²) < 4.78 is 11.4. The first-order valence-electron chi connectivity index (χ1n) is 14.9. The molecule has 0 bridgehead atoms. The molecule has 0 heterocycles. The van der Waals surface area contributed by atoms with Crippen LogP contribution in [0.3, 0.4) is 0 Å². The van der Waals surface area contributed by atoms with E-state index in [1.54, 1.807) is 0 Å². The van der Waals surface area contributed by atoms with Crippen LogP contribution in [-0.2, 0) is 19.1 Å². The molecule has 4 fully saturated rings. The highest BCUT2D eigenvalue weighted by Crippen LogP contribution is 2.69. The van der Waals surface area contributed by atoms with Crippen molar-refractivity contribution in [1.29, 1.82) is 0 Å². The number of carbonyl (C=O) groups is 2. The van der Waals surface area contributed by atoms with Crippen molar-refractivity contribution >= 4 is 11.9 Å². The molecule has 0 aromatic rings. The fraction of sp³-hybridized carbons (Fsp3) is 0.935. The lowest BCUT2D eigenvalue weighted by molar-refractivity contribution is -0.275. The minimum absolute atomic E-state index is 0.338. The maximum atomic E-state index is 12.3. The van der Waals surface area contributed by atoms with Crippen LogP contribution in [0.5, 0.6) is 0 Å². The molecule has 4 aliphatic rings. The Morgan fingerprint density at radius 3 is 2.19 bits per heavy atom. The summed E-state index contributed by atoms with van der Waals surface area (Å²) in [6.45, 7) is 14.8. The fourth-order valence-electron chi connectivity index (χ4n) is 9.96. The third-order valence-corrected chi connectivity index (χ3v) is 11.7. The van der Waals surface area contributed by atoms with E-state index in [4.69, 9.17) is 9.47 Å². The monoisotopic (exact) mass is 504 g/mol. The maximum Gasteiger partial charge on any atom is 0.303 e. The number of hydrogen-bond donors (Lipinski definition) is 1. The average molecular weight is 505 g/mol. The molecule has 0 unspecified atom stereocenters. The van der Waals surface area contributed by atoms with Gasteiger partial charge in [-0.2, -0.15) is 0 Å². The second-order valence-corrected chi connectivity index (χ2v) is 14.0. The smallest absolute Gasteiger partial charge is 0.303 e. The molecule has 0 aliphatic heterocycles. The standard InChI is InChI=1S/C31H52O5/c1-19(2)9-8-10-20(3)24-11-12-25-23-13-18-31(34)28(36-22(5)33)27(35-21(4)32)15-17-30(31,7)26(23)14-16-29(24,25)6/h19-20,23-28,34H,8-18H2,1-7H3/t20-,23+,24-,25+,26+,27+,28+,29-,30-,31-/m1/s1. The van der Waals surface area contributed by atoms with E-state index in [0.29, 0.717) is 36.0 Å². The van der Waals surface area contributed by atoms with Gasteiger partial charge in [0.2, 0.25) is 0 Å². The molecule has 5 nitrogen and oxygen atoms in total. The average Bonchev–Trinajstić information content (AvgIpc) is 3.13. The summed E-state index contributed by atoms with van der Waals surface area (Å²) in [7, 11) is 0. The zero-order chi connectivity index (χ0) is 26.5. The SMILES string of the molecule is CC(=O)O[C@H]1CC[C@]2(C)[C@H]3CC[C@]4(C)[C@@H]([C@H](C)CCCC(C)C)CC[C@H]4[C@@H]3CC[C@@]2(O)[C@H]1OC(C)=O. The Hall–Kier alpha value is -1.10. The molecule has 206 valence electrons. The molecular formula is C31H52O5. The number of carbonyl (C=O) groups excluding carboxylic acids is 2. The highest BCUT2D eigenvalue weighted by molar-refractivity contribution is 5.67. The Balaban J connectivity index is 1.55. The van der Waals surface area contributed by atoms with Gasteiger partial charge in [0.1, 0.15) is 11.7 Å². The van der Waals surface area contributed by atoms with Crippen molar-refractivity contribution in [3.63, 3.8) is 0 Å². The Kier molecular flexibility index (Phi) is 7.93. The summed E-state index contributed by atoms with van der Waals surface area (Å²) in [6, 6.07) is 0. The number of hydrogen-bond acceptors (Lipinski definition) is 5. The predicted octanol–water partition coefficient (Wildman–Crippen LogP) is 6.70. The Morgan fingerprint density at radius 1 is 0.861 bits per heavy atom. The third kappa shape index (κ3) is 4.64. The molecule has 0 aromatic heterocycles. The van der Waals surface area contributed by atoms with E-state index >= 15 is 0 Å². The van der Waals surface area contributed by atoms with Crippen LogP contribution in [-0.4, -0.2) is 34.9 Å². The molecule has 0 radical (unpaired) electrons. The van der Waals surface area contributed by atoms with Crippen LogP contribution in [0.2, 0.25) is 0 Å².